The molecule has 1 amide bonds. The summed E-state index contributed by atoms with van der Waals surface area (Å²) in [4.78, 5) is 37.2. The number of hydrogen-bond donors (Lipinski definition) is 1. The van der Waals surface area contributed by atoms with Gasteiger partial charge in [-0.15, -0.1) is 0 Å². The van der Waals surface area contributed by atoms with Gasteiger partial charge in [0.1, 0.15) is 23.0 Å². The molecule has 0 saturated heterocycles. The second-order valence-electron chi connectivity index (χ2n) is 9.01. The zero-order valence-corrected chi connectivity index (χ0v) is 19.8. The van der Waals surface area contributed by atoms with Crippen molar-refractivity contribution in [1.82, 2.24) is 5.32 Å². The highest BCUT2D eigenvalue weighted by Crippen LogP contribution is 2.30. The highest BCUT2D eigenvalue weighted by atomic mass is 16.6. The van der Waals surface area contributed by atoms with Gasteiger partial charge in [0, 0.05) is 22.9 Å². The molecule has 0 fully saturated rings. The Hall–Kier alpha value is -3.61. The minimum absolute atomic E-state index is 0.253. The van der Waals surface area contributed by atoms with E-state index < -0.39 is 29.3 Å². The van der Waals surface area contributed by atoms with Crippen LogP contribution in [0.25, 0.3) is 11.0 Å². The van der Waals surface area contributed by atoms with Crippen LogP contribution in [-0.4, -0.2) is 23.7 Å². The van der Waals surface area contributed by atoms with E-state index >= 15 is 0 Å². The van der Waals surface area contributed by atoms with Crippen LogP contribution >= 0.6 is 0 Å². The number of aryl methyl sites for hydroxylation is 2. The van der Waals surface area contributed by atoms with E-state index in [0.29, 0.717) is 23.1 Å². The molecule has 1 atom stereocenters. The Morgan fingerprint density at radius 1 is 1.03 bits per heavy atom. The summed E-state index contributed by atoms with van der Waals surface area (Å²) >= 11 is 0. The quantitative estimate of drug-likeness (QED) is 0.340. The van der Waals surface area contributed by atoms with E-state index in [9.17, 15) is 14.4 Å². The van der Waals surface area contributed by atoms with Gasteiger partial charge >= 0.3 is 17.7 Å². The first-order valence-electron chi connectivity index (χ1n) is 10.8. The van der Waals surface area contributed by atoms with Crippen LogP contribution in [0.2, 0.25) is 0 Å². The lowest BCUT2D eigenvalue weighted by molar-refractivity contribution is -0.136. The van der Waals surface area contributed by atoms with Gasteiger partial charge in [0.15, 0.2) is 0 Å². The predicted molar refractivity (Wildman–Crippen MR) is 126 cm³/mol. The Morgan fingerprint density at radius 2 is 1.70 bits per heavy atom. The number of carbonyl (C=O) groups is 2. The Balaban J connectivity index is 1.83. The number of benzene rings is 2. The van der Waals surface area contributed by atoms with Crippen molar-refractivity contribution in [2.75, 3.05) is 0 Å². The number of esters is 1. The summed E-state index contributed by atoms with van der Waals surface area (Å²) in [7, 11) is 0. The number of hydrogen-bond acceptors (Lipinski definition) is 6. The van der Waals surface area contributed by atoms with Crippen LogP contribution in [-0.2, 0) is 16.0 Å². The smallest absolute Gasteiger partial charge is 0.408 e. The van der Waals surface area contributed by atoms with Gasteiger partial charge in [-0.3, -0.25) is 0 Å². The number of fused-ring (bicyclic) bond motifs is 1. The average molecular weight is 452 g/mol. The van der Waals surface area contributed by atoms with Crippen molar-refractivity contribution in [3.63, 3.8) is 0 Å². The first kappa shape index (κ1) is 24.0. The molecule has 3 aromatic rings. The molecule has 0 saturated carbocycles. The molecule has 2 aromatic carbocycles. The normalized spacial score (nSPS) is 12.3. The van der Waals surface area contributed by atoms with Gasteiger partial charge in [0.05, 0.1) is 0 Å². The van der Waals surface area contributed by atoms with Gasteiger partial charge in [-0.25, -0.2) is 14.4 Å². The van der Waals surface area contributed by atoms with E-state index in [1.807, 2.05) is 37.3 Å². The zero-order chi connectivity index (χ0) is 24.3. The molecule has 0 aliphatic heterocycles. The summed E-state index contributed by atoms with van der Waals surface area (Å²) in [5.41, 5.74) is 2.22. The molecule has 0 aliphatic rings. The molecule has 1 aromatic heterocycles. The first-order valence-corrected chi connectivity index (χ1v) is 10.8. The Bertz CT molecular complexity index is 1240. The van der Waals surface area contributed by atoms with E-state index in [0.717, 1.165) is 16.5 Å². The van der Waals surface area contributed by atoms with Gasteiger partial charge in [-0.2, -0.15) is 0 Å². The summed E-state index contributed by atoms with van der Waals surface area (Å²) < 4.78 is 16.3. The number of amides is 1. The Kier molecular flexibility index (Phi) is 6.91. The lowest BCUT2D eigenvalue weighted by Gasteiger charge is -2.21. The van der Waals surface area contributed by atoms with Crippen LogP contribution < -0.4 is 15.7 Å². The topological polar surface area (TPSA) is 94.8 Å². The van der Waals surface area contributed by atoms with Crippen LogP contribution in [0.1, 0.15) is 49.9 Å². The standard InChI is InChI=1S/C26H29NO6/c1-15-19-12-13-21(31-23(28)17(3)27-25(30)33-26(4,5)6)16(2)22(19)32-24(29)20(15)14-18-10-8-7-9-11-18/h7-13,17H,14H2,1-6H3,(H,27,30)/t17-/m1/s1. The van der Waals surface area contributed by atoms with Crippen molar-refractivity contribution in [3.05, 3.63) is 75.1 Å². The zero-order valence-electron chi connectivity index (χ0n) is 19.8. The lowest BCUT2D eigenvalue weighted by Crippen LogP contribution is -2.43. The molecule has 1 heterocycles. The Morgan fingerprint density at radius 3 is 2.33 bits per heavy atom. The average Bonchev–Trinajstić information content (AvgIpc) is 2.72. The number of rotatable bonds is 5. The fourth-order valence-electron chi connectivity index (χ4n) is 3.43. The largest absolute Gasteiger partial charge is 0.444 e. The number of alkyl carbamates (subject to hydrolysis) is 1. The van der Waals surface area contributed by atoms with Crippen LogP contribution in [0.5, 0.6) is 5.75 Å². The highest BCUT2D eigenvalue weighted by Gasteiger charge is 2.23. The molecule has 0 unspecified atom stereocenters. The summed E-state index contributed by atoms with van der Waals surface area (Å²) in [5.74, 6) is -0.410. The van der Waals surface area contributed by atoms with Crippen molar-refractivity contribution in [2.24, 2.45) is 0 Å². The number of nitrogens with one attached hydrogen (secondary N) is 1. The van der Waals surface area contributed by atoms with Crippen LogP contribution in [0.4, 0.5) is 4.79 Å². The van der Waals surface area contributed by atoms with Crippen LogP contribution in [0.15, 0.2) is 51.7 Å². The minimum atomic E-state index is -0.933. The number of carbonyl (C=O) groups excluding carboxylic acids is 2. The molecule has 0 spiro atoms. The van der Waals surface area contributed by atoms with Crippen molar-refractivity contribution in [3.8, 4) is 5.75 Å². The first-order chi connectivity index (χ1) is 15.5. The second-order valence-corrected chi connectivity index (χ2v) is 9.01. The fourth-order valence-corrected chi connectivity index (χ4v) is 3.43. The third-order valence-corrected chi connectivity index (χ3v) is 5.18. The van der Waals surface area contributed by atoms with Crippen molar-refractivity contribution < 1.29 is 23.5 Å². The van der Waals surface area contributed by atoms with E-state index in [4.69, 9.17) is 13.9 Å². The third kappa shape index (κ3) is 5.80. The lowest BCUT2D eigenvalue weighted by atomic mass is 9.98. The van der Waals surface area contributed by atoms with Crippen molar-refractivity contribution in [2.45, 2.75) is 59.6 Å². The molecule has 0 radical (unpaired) electrons. The molecule has 3 rings (SSSR count). The van der Waals surface area contributed by atoms with Crippen LogP contribution in [0, 0.1) is 13.8 Å². The van der Waals surface area contributed by atoms with Gasteiger partial charge in [-0.05, 0) is 64.8 Å². The highest BCUT2D eigenvalue weighted by molar-refractivity contribution is 5.88. The molecular weight excluding hydrogens is 422 g/mol. The maximum absolute atomic E-state index is 12.8. The molecule has 0 bridgehead atoms. The summed E-state index contributed by atoms with van der Waals surface area (Å²) in [6.45, 7) is 10.3. The van der Waals surface area contributed by atoms with E-state index in [-0.39, 0.29) is 5.75 Å². The second kappa shape index (κ2) is 9.48. The number of ether oxygens (including phenoxy) is 2. The monoisotopic (exact) mass is 451 g/mol. The molecule has 7 nitrogen and oxygen atoms in total. The molecule has 33 heavy (non-hydrogen) atoms. The van der Waals surface area contributed by atoms with E-state index in [1.165, 1.54) is 6.92 Å². The summed E-state index contributed by atoms with van der Waals surface area (Å²) in [6, 6.07) is 12.2. The molecule has 1 N–H and O–H groups in total. The van der Waals surface area contributed by atoms with Gasteiger partial charge in [0.2, 0.25) is 0 Å². The minimum Gasteiger partial charge on any atom is -0.444 e. The van der Waals surface area contributed by atoms with Gasteiger partial charge in [0.25, 0.3) is 0 Å². The molecule has 0 aliphatic carbocycles. The van der Waals surface area contributed by atoms with Crippen LogP contribution in [0.3, 0.4) is 0 Å². The third-order valence-electron chi connectivity index (χ3n) is 5.18. The molecule has 174 valence electrons. The Labute approximate surface area is 192 Å². The molecular formula is C26H29NO6. The SMILES string of the molecule is Cc1c(Cc2ccccc2)c(=O)oc2c(C)c(OC(=O)[C@@H](C)NC(=O)OC(C)(C)C)ccc12. The van der Waals surface area contributed by atoms with E-state index in [2.05, 4.69) is 5.32 Å². The fraction of sp³-hybridized carbons (Fsp3) is 0.346. The maximum Gasteiger partial charge on any atom is 0.408 e. The predicted octanol–water partition coefficient (Wildman–Crippen LogP) is 4.82. The van der Waals surface area contributed by atoms with Crippen molar-refractivity contribution in [1.29, 1.82) is 0 Å². The van der Waals surface area contributed by atoms with Gasteiger partial charge in [-0.1, -0.05) is 30.3 Å². The maximum atomic E-state index is 12.8. The summed E-state index contributed by atoms with van der Waals surface area (Å²) in [6.07, 6.45) is -0.246. The summed E-state index contributed by atoms with van der Waals surface area (Å²) in [5, 5.41) is 3.23. The van der Waals surface area contributed by atoms with Crippen molar-refractivity contribution >= 4 is 23.0 Å². The van der Waals surface area contributed by atoms with E-state index in [1.54, 1.807) is 39.8 Å². The van der Waals surface area contributed by atoms with Gasteiger partial charge < -0.3 is 19.2 Å². The molecule has 7 heteroatoms.